The third kappa shape index (κ3) is 3.15. The Bertz CT molecular complexity index is 240. The molecule has 0 saturated carbocycles. The second-order valence-corrected chi connectivity index (χ2v) is 3.59. The molecule has 2 N–H and O–H groups in total. The molecule has 11 heavy (non-hydrogen) atoms. The van der Waals surface area contributed by atoms with E-state index in [1.54, 1.807) is 0 Å². The molecule has 0 aliphatic heterocycles. The van der Waals surface area contributed by atoms with Crippen molar-refractivity contribution in [3.05, 3.63) is 32.4 Å². The molecule has 0 aliphatic rings. The summed E-state index contributed by atoms with van der Waals surface area (Å²) in [6, 6.07) is 5.82. The molecule has 0 radical (unpaired) electrons. The Hall–Kier alpha value is 0.490. The summed E-state index contributed by atoms with van der Waals surface area (Å²) in [6.45, 7) is 0.510. The zero-order chi connectivity index (χ0) is 7.56. The molecule has 1 aromatic rings. The van der Waals surface area contributed by atoms with E-state index in [9.17, 15) is 0 Å². The molecule has 0 aromatic heterocycles. The maximum Gasteiger partial charge on any atom is 0.0451 e. The average Bonchev–Trinajstić information content (AvgIpc) is 1.94. The zero-order valence-electron chi connectivity index (χ0n) is 5.68. The third-order valence-corrected chi connectivity index (χ3v) is 2.27. The standard InChI is InChI=1S/C7H7ClIN.ClH/c8-7-2-1-6(9)3-5(7)4-10;/h1-3H,4,10H2;1H. The first-order valence-electron chi connectivity index (χ1n) is 2.88. The SMILES string of the molecule is Cl.NCc1cc(I)ccc1Cl. The highest BCUT2D eigenvalue weighted by molar-refractivity contribution is 14.1. The van der Waals surface area contributed by atoms with Crippen molar-refractivity contribution in [2.24, 2.45) is 5.73 Å². The number of hydrogen-bond donors (Lipinski definition) is 1. The van der Waals surface area contributed by atoms with Crippen LogP contribution in [0.1, 0.15) is 5.56 Å². The Balaban J connectivity index is 0.000001000. The van der Waals surface area contributed by atoms with Gasteiger partial charge in [0, 0.05) is 15.1 Å². The minimum Gasteiger partial charge on any atom is -0.326 e. The second-order valence-electron chi connectivity index (χ2n) is 1.94. The van der Waals surface area contributed by atoms with Gasteiger partial charge in [-0.15, -0.1) is 12.4 Å². The lowest BCUT2D eigenvalue weighted by atomic mass is 10.2. The number of rotatable bonds is 1. The van der Waals surface area contributed by atoms with Crippen molar-refractivity contribution in [1.29, 1.82) is 0 Å². The van der Waals surface area contributed by atoms with Gasteiger partial charge in [-0.1, -0.05) is 11.6 Å². The van der Waals surface area contributed by atoms with Gasteiger partial charge in [0.15, 0.2) is 0 Å². The molecule has 1 nitrogen and oxygen atoms in total. The number of benzene rings is 1. The lowest BCUT2D eigenvalue weighted by molar-refractivity contribution is 1.07. The van der Waals surface area contributed by atoms with E-state index in [-0.39, 0.29) is 12.4 Å². The van der Waals surface area contributed by atoms with Gasteiger partial charge in [-0.25, -0.2) is 0 Å². The molecule has 0 saturated heterocycles. The lowest BCUT2D eigenvalue weighted by Crippen LogP contribution is -1.96. The van der Waals surface area contributed by atoms with Gasteiger partial charge >= 0.3 is 0 Å². The van der Waals surface area contributed by atoms with Crippen LogP contribution in [0.3, 0.4) is 0 Å². The maximum atomic E-state index is 5.81. The maximum absolute atomic E-state index is 5.81. The summed E-state index contributed by atoms with van der Waals surface area (Å²) in [4.78, 5) is 0. The number of nitrogens with two attached hydrogens (primary N) is 1. The average molecular weight is 304 g/mol. The Morgan fingerprint density at radius 3 is 2.55 bits per heavy atom. The van der Waals surface area contributed by atoms with Crippen LogP contribution in [0.25, 0.3) is 0 Å². The summed E-state index contributed by atoms with van der Waals surface area (Å²) < 4.78 is 1.17. The second kappa shape index (κ2) is 5.19. The monoisotopic (exact) mass is 303 g/mol. The number of halogens is 3. The van der Waals surface area contributed by atoms with Gasteiger partial charge in [-0.05, 0) is 46.4 Å². The first kappa shape index (κ1) is 11.5. The minimum absolute atomic E-state index is 0. The van der Waals surface area contributed by atoms with Crippen molar-refractivity contribution >= 4 is 46.6 Å². The summed E-state index contributed by atoms with van der Waals surface area (Å²) >= 11 is 8.04. The highest BCUT2D eigenvalue weighted by Crippen LogP contribution is 2.17. The summed E-state index contributed by atoms with van der Waals surface area (Å²) in [7, 11) is 0. The predicted octanol–water partition coefficient (Wildman–Crippen LogP) is 2.83. The molecule has 0 atom stereocenters. The van der Waals surface area contributed by atoms with Crippen molar-refractivity contribution < 1.29 is 0 Å². The van der Waals surface area contributed by atoms with Gasteiger partial charge in [-0.3, -0.25) is 0 Å². The Kier molecular flexibility index (Phi) is 5.42. The van der Waals surface area contributed by atoms with Gasteiger partial charge < -0.3 is 5.73 Å². The molecule has 0 aliphatic carbocycles. The van der Waals surface area contributed by atoms with Crippen LogP contribution in [0.4, 0.5) is 0 Å². The molecule has 0 heterocycles. The van der Waals surface area contributed by atoms with Crippen LogP contribution in [0.15, 0.2) is 18.2 Å². The van der Waals surface area contributed by atoms with E-state index >= 15 is 0 Å². The molecule has 0 spiro atoms. The van der Waals surface area contributed by atoms with Gasteiger partial charge in [0.25, 0.3) is 0 Å². The van der Waals surface area contributed by atoms with Crippen LogP contribution < -0.4 is 5.73 Å². The van der Waals surface area contributed by atoms with E-state index < -0.39 is 0 Å². The van der Waals surface area contributed by atoms with Crippen molar-refractivity contribution in [3.8, 4) is 0 Å². The molecule has 0 unspecified atom stereocenters. The van der Waals surface area contributed by atoms with Crippen LogP contribution in [0.2, 0.25) is 5.02 Å². The molecular weight excluding hydrogens is 296 g/mol. The van der Waals surface area contributed by atoms with Crippen LogP contribution in [-0.4, -0.2) is 0 Å². The van der Waals surface area contributed by atoms with E-state index in [1.807, 2.05) is 18.2 Å². The first-order chi connectivity index (χ1) is 4.74. The summed E-state index contributed by atoms with van der Waals surface area (Å²) in [6.07, 6.45) is 0. The quantitative estimate of drug-likeness (QED) is 0.793. The highest BCUT2D eigenvalue weighted by atomic mass is 127. The zero-order valence-corrected chi connectivity index (χ0v) is 9.41. The van der Waals surface area contributed by atoms with Gasteiger partial charge in [0.05, 0.1) is 0 Å². The van der Waals surface area contributed by atoms with E-state index in [0.29, 0.717) is 6.54 Å². The van der Waals surface area contributed by atoms with Crippen LogP contribution in [0.5, 0.6) is 0 Å². The molecule has 0 bridgehead atoms. The highest BCUT2D eigenvalue weighted by Gasteiger charge is 1.96. The van der Waals surface area contributed by atoms with Crippen molar-refractivity contribution in [1.82, 2.24) is 0 Å². The fourth-order valence-corrected chi connectivity index (χ4v) is 1.45. The number of hydrogen-bond acceptors (Lipinski definition) is 1. The fourth-order valence-electron chi connectivity index (χ4n) is 0.700. The molecule has 1 rings (SSSR count). The Morgan fingerprint density at radius 1 is 1.45 bits per heavy atom. The summed E-state index contributed by atoms with van der Waals surface area (Å²) in [5.74, 6) is 0. The van der Waals surface area contributed by atoms with Gasteiger partial charge in [0.1, 0.15) is 0 Å². The summed E-state index contributed by atoms with van der Waals surface area (Å²) in [5, 5.41) is 0.753. The van der Waals surface area contributed by atoms with Crippen molar-refractivity contribution in [3.63, 3.8) is 0 Å². The molecule has 0 amide bonds. The van der Waals surface area contributed by atoms with Crippen LogP contribution in [-0.2, 0) is 6.54 Å². The van der Waals surface area contributed by atoms with E-state index in [4.69, 9.17) is 17.3 Å². The summed E-state index contributed by atoms with van der Waals surface area (Å²) in [5.41, 5.74) is 6.44. The predicted molar refractivity (Wildman–Crippen MR) is 59.3 cm³/mol. The third-order valence-electron chi connectivity index (χ3n) is 1.23. The molecule has 4 heteroatoms. The molecule has 62 valence electrons. The van der Waals surface area contributed by atoms with Crippen molar-refractivity contribution in [2.45, 2.75) is 6.54 Å². The normalized spacial score (nSPS) is 9.00. The smallest absolute Gasteiger partial charge is 0.0451 e. The van der Waals surface area contributed by atoms with Gasteiger partial charge in [0.2, 0.25) is 0 Å². The fraction of sp³-hybridized carbons (Fsp3) is 0.143. The van der Waals surface area contributed by atoms with Crippen molar-refractivity contribution in [2.75, 3.05) is 0 Å². The Labute approximate surface area is 90.9 Å². The van der Waals surface area contributed by atoms with E-state index in [1.165, 1.54) is 3.57 Å². The van der Waals surface area contributed by atoms with E-state index in [0.717, 1.165) is 10.6 Å². The first-order valence-corrected chi connectivity index (χ1v) is 4.33. The molecular formula is C7H8Cl2IN. The van der Waals surface area contributed by atoms with Crippen LogP contribution in [0, 0.1) is 3.57 Å². The van der Waals surface area contributed by atoms with E-state index in [2.05, 4.69) is 22.6 Å². The largest absolute Gasteiger partial charge is 0.326 e. The minimum atomic E-state index is 0. The van der Waals surface area contributed by atoms with Crippen LogP contribution >= 0.6 is 46.6 Å². The topological polar surface area (TPSA) is 26.0 Å². The lowest BCUT2D eigenvalue weighted by Gasteiger charge is -1.99. The molecule has 0 fully saturated rings. The molecule has 1 aromatic carbocycles. The Morgan fingerprint density at radius 2 is 2.09 bits per heavy atom. The van der Waals surface area contributed by atoms with Gasteiger partial charge in [-0.2, -0.15) is 0 Å².